The summed E-state index contributed by atoms with van der Waals surface area (Å²) in [7, 11) is 3.77. The number of aryl methyl sites for hydroxylation is 1. The summed E-state index contributed by atoms with van der Waals surface area (Å²) in [6, 6.07) is 2.09. The van der Waals surface area contributed by atoms with Crippen LogP contribution < -0.4 is 5.32 Å². The number of ether oxygens (including phenoxy) is 1. The number of hydrogen-bond donors (Lipinski definition) is 1. The van der Waals surface area contributed by atoms with Crippen LogP contribution in [0.5, 0.6) is 0 Å². The molecule has 2 heterocycles. The van der Waals surface area contributed by atoms with E-state index in [1.165, 1.54) is 12.1 Å². The molecule has 6 heteroatoms. The van der Waals surface area contributed by atoms with Crippen LogP contribution in [-0.2, 0) is 18.3 Å². The first-order valence-corrected chi connectivity index (χ1v) is 7.02. The number of hydrogen-bond acceptors (Lipinski definition) is 4. The van der Waals surface area contributed by atoms with Crippen molar-refractivity contribution in [2.24, 2.45) is 12.5 Å². The topological polar surface area (TPSA) is 42.3 Å². The van der Waals surface area contributed by atoms with Crippen LogP contribution in [0.4, 0.5) is 0 Å². The summed E-state index contributed by atoms with van der Waals surface area (Å²) in [5, 5.41) is 7.71. The molecular formula is C14H27ClN4O. The highest BCUT2D eigenvalue weighted by Gasteiger charge is 2.30. The highest BCUT2D eigenvalue weighted by atomic mass is 35.5. The molecule has 1 aromatic rings. The van der Waals surface area contributed by atoms with Gasteiger partial charge in [0.05, 0.1) is 12.3 Å². The average Bonchev–Trinajstić information content (AvgIpc) is 2.97. The smallest absolute Gasteiger partial charge is 0.0589 e. The van der Waals surface area contributed by atoms with Gasteiger partial charge in [-0.25, -0.2) is 0 Å². The fourth-order valence-electron chi connectivity index (χ4n) is 2.76. The van der Waals surface area contributed by atoms with E-state index in [0.29, 0.717) is 5.41 Å². The van der Waals surface area contributed by atoms with E-state index in [9.17, 15) is 0 Å². The minimum Gasteiger partial charge on any atom is -0.383 e. The number of nitrogens with one attached hydrogen (secondary N) is 1. The number of halogens is 1. The summed E-state index contributed by atoms with van der Waals surface area (Å²) >= 11 is 0. The lowest BCUT2D eigenvalue weighted by Gasteiger charge is -2.31. The Morgan fingerprint density at radius 1 is 1.55 bits per heavy atom. The van der Waals surface area contributed by atoms with Gasteiger partial charge < -0.3 is 10.1 Å². The molecule has 1 aliphatic rings. The van der Waals surface area contributed by atoms with Gasteiger partial charge in [-0.3, -0.25) is 9.58 Å². The van der Waals surface area contributed by atoms with Crippen molar-refractivity contribution >= 4 is 12.4 Å². The summed E-state index contributed by atoms with van der Waals surface area (Å²) < 4.78 is 7.19. The predicted octanol–water partition coefficient (Wildman–Crippen LogP) is 1.29. The number of methoxy groups -OCH3 is 1. The van der Waals surface area contributed by atoms with Gasteiger partial charge in [-0.05, 0) is 24.4 Å². The Hall–Kier alpha value is -0.620. The maximum absolute atomic E-state index is 5.24. The van der Waals surface area contributed by atoms with Crippen molar-refractivity contribution in [3.05, 3.63) is 18.0 Å². The minimum atomic E-state index is 0. The molecule has 1 atom stereocenters. The van der Waals surface area contributed by atoms with Crippen molar-refractivity contribution in [1.29, 1.82) is 0 Å². The van der Waals surface area contributed by atoms with Gasteiger partial charge in [-0.2, -0.15) is 5.10 Å². The molecule has 0 radical (unpaired) electrons. The third-order valence-electron chi connectivity index (χ3n) is 3.98. The summed E-state index contributed by atoms with van der Waals surface area (Å²) in [5.74, 6) is 0. The monoisotopic (exact) mass is 302 g/mol. The SMILES string of the molecule is COCCN(Cc1ccnn1C)CC1(C)CCNC1.Cl. The zero-order valence-electron chi connectivity index (χ0n) is 12.8. The van der Waals surface area contributed by atoms with E-state index >= 15 is 0 Å². The molecule has 1 N–H and O–H groups in total. The maximum Gasteiger partial charge on any atom is 0.0589 e. The van der Waals surface area contributed by atoms with Gasteiger partial charge >= 0.3 is 0 Å². The second-order valence-corrected chi connectivity index (χ2v) is 5.89. The number of rotatable bonds is 7. The lowest BCUT2D eigenvalue weighted by atomic mass is 9.89. The van der Waals surface area contributed by atoms with Crippen LogP contribution in [0.15, 0.2) is 12.3 Å². The lowest BCUT2D eigenvalue weighted by molar-refractivity contribution is 0.111. The molecule has 1 aromatic heterocycles. The number of nitrogens with zero attached hydrogens (tertiary/aromatic N) is 3. The molecule has 0 aromatic carbocycles. The van der Waals surface area contributed by atoms with E-state index in [0.717, 1.165) is 39.3 Å². The first-order valence-electron chi connectivity index (χ1n) is 7.02. The van der Waals surface area contributed by atoms with Gasteiger partial charge in [-0.1, -0.05) is 6.92 Å². The molecule has 1 saturated heterocycles. The first kappa shape index (κ1) is 17.4. The Morgan fingerprint density at radius 2 is 2.35 bits per heavy atom. The zero-order chi connectivity index (χ0) is 13.7. The van der Waals surface area contributed by atoms with Gasteiger partial charge in [0.2, 0.25) is 0 Å². The van der Waals surface area contributed by atoms with Crippen LogP contribution >= 0.6 is 12.4 Å². The Balaban J connectivity index is 0.00000200. The van der Waals surface area contributed by atoms with Crippen molar-refractivity contribution in [3.8, 4) is 0 Å². The molecule has 0 amide bonds. The van der Waals surface area contributed by atoms with Gasteiger partial charge in [0.15, 0.2) is 0 Å². The van der Waals surface area contributed by atoms with Crippen molar-refractivity contribution in [2.75, 3.05) is 39.9 Å². The molecule has 2 rings (SSSR count). The van der Waals surface area contributed by atoms with Crippen molar-refractivity contribution in [3.63, 3.8) is 0 Å². The molecule has 0 aliphatic carbocycles. The third-order valence-corrected chi connectivity index (χ3v) is 3.98. The Morgan fingerprint density at radius 3 is 2.90 bits per heavy atom. The maximum atomic E-state index is 5.24. The van der Waals surface area contributed by atoms with E-state index in [1.807, 2.05) is 17.9 Å². The Labute approximate surface area is 128 Å². The van der Waals surface area contributed by atoms with Crippen LogP contribution in [0, 0.1) is 5.41 Å². The second kappa shape index (κ2) is 7.98. The van der Waals surface area contributed by atoms with Crippen LogP contribution in [0.1, 0.15) is 19.0 Å². The molecule has 0 spiro atoms. The van der Waals surface area contributed by atoms with Gasteiger partial charge in [0.1, 0.15) is 0 Å². The van der Waals surface area contributed by atoms with Crippen molar-refractivity contribution < 1.29 is 4.74 Å². The van der Waals surface area contributed by atoms with Gasteiger partial charge in [0.25, 0.3) is 0 Å². The van der Waals surface area contributed by atoms with Crippen molar-refractivity contribution in [1.82, 2.24) is 20.0 Å². The van der Waals surface area contributed by atoms with Gasteiger partial charge in [0, 0.05) is 46.5 Å². The summed E-state index contributed by atoms with van der Waals surface area (Å²) in [6.07, 6.45) is 3.12. The van der Waals surface area contributed by atoms with E-state index in [4.69, 9.17) is 4.74 Å². The van der Waals surface area contributed by atoms with Crippen molar-refractivity contribution in [2.45, 2.75) is 19.9 Å². The predicted molar refractivity (Wildman–Crippen MR) is 83.2 cm³/mol. The highest BCUT2D eigenvalue weighted by molar-refractivity contribution is 5.85. The van der Waals surface area contributed by atoms with Crippen LogP contribution in [0.3, 0.4) is 0 Å². The molecule has 20 heavy (non-hydrogen) atoms. The van der Waals surface area contributed by atoms with E-state index in [2.05, 4.69) is 28.3 Å². The molecule has 0 bridgehead atoms. The Bertz CT molecular complexity index is 390. The van der Waals surface area contributed by atoms with Crippen LogP contribution in [0.25, 0.3) is 0 Å². The number of aromatic nitrogens is 2. The fourth-order valence-corrected chi connectivity index (χ4v) is 2.76. The second-order valence-electron chi connectivity index (χ2n) is 5.89. The molecule has 1 fully saturated rings. The van der Waals surface area contributed by atoms with E-state index in [1.54, 1.807) is 7.11 Å². The summed E-state index contributed by atoms with van der Waals surface area (Å²) in [5.41, 5.74) is 1.64. The van der Waals surface area contributed by atoms with Crippen LogP contribution in [0.2, 0.25) is 0 Å². The Kier molecular flexibility index (Phi) is 6.95. The summed E-state index contributed by atoms with van der Waals surface area (Å²) in [4.78, 5) is 2.48. The standard InChI is InChI=1S/C14H26N4O.ClH/c1-14(5-7-15-11-14)12-18(8-9-19-3)10-13-4-6-16-17(13)2;/h4,6,15H,5,7-12H2,1-3H3;1H. The van der Waals surface area contributed by atoms with Gasteiger partial charge in [-0.15, -0.1) is 12.4 Å². The molecule has 5 nitrogen and oxygen atoms in total. The van der Waals surface area contributed by atoms with Crippen LogP contribution in [-0.4, -0.2) is 54.6 Å². The molecule has 116 valence electrons. The highest BCUT2D eigenvalue weighted by Crippen LogP contribution is 2.26. The zero-order valence-corrected chi connectivity index (χ0v) is 13.6. The van der Waals surface area contributed by atoms with E-state index in [-0.39, 0.29) is 12.4 Å². The molecule has 1 aliphatic heterocycles. The fraction of sp³-hybridized carbons (Fsp3) is 0.786. The van der Waals surface area contributed by atoms with E-state index < -0.39 is 0 Å². The lowest BCUT2D eigenvalue weighted by Crippen LogP contribution is -2.39. The first-order chi connectivity index (χ1) is 9.13. The summed E-state index contributed by atoms with van der Waals surface area (Å²) in [6.45, 7) is 8.42. The largest absolute Gasteiger partial charge is 0.383 e. The third kappa shape index (κ3) is 4.74. The average molecular weight is 303 g/mol. The molecule has 1 unspecified atom stereocenters. The molecule has 0 saturated carbocycles. The normalized spacial score (nSPS) is 22.2. The quantitative estimate of drug-likeness (QED) is 0.824. The molecular weight excluding hydrogens is 276 g/mol. The minimum absolute atomic E-state index is 0.